The molecule has 2 N–H and O–H groups in total. The number of halogens is 1. The fourth-order valence-electron chi connectivity index (χ4n) is 1.61. The SMILES string of the molecule is Cc1cc(=O)[nH]n1-c1ccc(Br)cc1C(=O)O. The standard InChI is InChI=1S/C11H9BrN2O3/c1-6-4-10(15)13-14(6)9-3-2-7(12)5-8(9)11(16)17/h2-5H,1H3,(H,13,15)(H,16,17). The normalized spacial score (nSPS) is 10.5. The van der Waals surface area contributed by atoms with Crippen LogP contribution in [0.5, 0.6) is 0 Å². The fourth-order valence-corrected chi connectivity index (χ4v) is 1.97. The van der Waals surface area contributed by atoms with Crippen molar-refractivity contribution in [2.45, 2.75) is 6.92 Å². The van der Waals surface area contributed by atoms with Gasteiger partial charge in [0, 0.05) is 16.2 Å². The van der Waals surface area contributed by atoms with Crippen LogP contribution in [0.1, 0.15) is 16.1 Å². The second-order valence-corrected chi connectivity index (χ2v) is 4.48. The molecule has 0 saturated carbocycles. The molecule has 0 fully saturated rings. The molecule has 1 aromatic carbocycles. The van der Waals surface area contributed by atoms with E-state index in [4.69, 9.17) is 5.11 Å². The van der Waals surface area contributed by atoms with Crippen LogP contribution < -0.4 is 5.56 Å². The lowest BCUT2D eigenvalue weighted by Crippen LogP contribution is -2.10. The largest absolute Gasteiger partial charge is 0.478 e. The van der Waals surface area contributed by atoms with Gasteiger partial charge in [-0.1, -0.05) is 15.9 Å². The molecule has 88 valence electrons. The number of aromatic carboxylic acids is 1. The predicted octanol–water partition coefficient (Wildman–Crippen LogP) is 1.93. The Labute approximate surface area is 105 Å². The minimum Gasteiger partial charge on any atom is -0.478 e. The number of carboxylic acid groups (broad SMARTS) is 1. The summed E-state index contributed by atoms with van der Waals surface area (Å²) in [7, 11) is 0. The van der Waals surface area contributed by atoms with Crippen LogP contribution in [0.25, 0.3) is 5.69 Å². The molecule has 0 aliphatic rings. The van der Waals surface area contributed by atoms with Crippen molar-refractivity contribution >= 4 is 21.9 Å². The number of benzene rings is 1. The van der Waals surface area contributed by atoms with Crippen molar-refractivity contribution in [2.24, 2.45) is 0 Å². The summed E-state index contributed by atoms with van der Waals surface area (Å²) in [6, 6.07) is 6.26. The van der Waals surface area contributed by atoms with E-state index >= 15 is 0 Å². The maximum Gasteiger partial charge on any atom is 0.337 e. The Balaban J connectivity index is 2.71. The molecule has 0 aliphatic carbocycles. The summed E-state index contributed by atoms with van der Waals surface area (Å²) in [6.45, 7) is 1.73. The summed E-state index contributed by atoms with van der Waals surface area (Å²) >= 11 is 3.22. The number of carbonyl (C=O) groups is 1. The molecule has 0 atom stereocenters. The van der Waals surface area contributed by atoms with Crippen LogP contribution in [0.2, 0.25) is 0 Å². The zero-order valence-corrected chi connectivity index (χ0v) is 10.5. The first kappa shape index (κ1) is 11.7. The van der Waals surface area contributed by atoms with Crippen LogP contribution in [0.3, 0.4) is 0 Å². The first-order valence-electron chi connectivity index (χ1n) is 4.81. The molecule has 17 heavy (non-hydrogen) atoms. The van der Waals surface area contributed by atoms with Crippen molar-refractivity contribution in [1.29, 1.82) is 0 Å². The molecule has 2 rings (SSSR count). The number of aromatic amines is 1. The molecule has 6 heteroatoms. The van der Waals surface area contributed by atoms with Gasteiger partial charge >= 0.3 is 5.97 Å². The molecule has 5 nitrogen and oxygen atoms in total. The molecule has 0 unspecified atom stereocenters. The topological polar surface area (TPSA) is 75.1 Å². The van der Waals surface area contributed by atoms with Gasteiger partial charge in [0.15, 0.2) is 0 Å². The van der Waals surface area contributed by atoms with Gasteiger partial charge in [-0.15, -0.1) is 0 Å². The van der Waals surface area contributed by atoms with Crippen molar-refractivity contribution < 1.29 is 9.90 Å². The van der Waals surface area contributed by atoms with E-state index in [1.165, 1.54) is 16.8 Å². The Morgan fingerprint density at radius 3 is 2.65 bits per heavy atom. The molecule has 0 aliphatic heterocycles. The van der Waals surface area contributed by atoms with Gasteiger partial charge in [0.1, 0.15) is 0 Å². The molecule has 0 amide bonds. The van der Waals surface area contributed by atoms with Crippen LogP contribution in [0.4, 0.5) is 0 Å². The smallest absolute Gasteiger partial charge is 0.337 e. The number of aryl methyl sites for hydroxylation is 1. The summed E-state index contributed by atoms with van der Waals surface area (Å²) in [6.07, 6.45) is 0. The van der Waals surface area contributed by atoms with Gasteiger partial charge < -0.3 is 5.11 Å². The number of hydrogen-bond donors (Lipinski definition) is 2. The Morgan fingerprint density at radius 1 is 1.41 bits per heavy atom. The summed E-state index contributed by atoms with van der Waals surface area (Å²) in [5.41, 5.74) is 0.941. The second-order valence-electron chi connectivity index (χ2n) is 3.56. The second kappa shape index (κ2) is 4.21. The van der Waals surface area contributed by atoms with Crippen LogP contribution >= 0.6 is 15.9 Å². The predicted molar refractivity (Wildman–Crippen MR) is 65.8 cm³/mol. The molecular weight excluding hydrogens is 288 g/mol. The maximum atomic E-state index is 11.2. The Hall–Kier alpha value is -1.82. The van der Waals surface area contributed by atoms with Crippen LogP contribution in [0, 0.1) is 6.92 Å². The minimum absolute atomic E-state index is 0.120. The number of nitrogens with zero attached hydrogens (tertiary/aromatic N) is 1. The van der Waals surface area contributed by atoms with Gasteiger partial charge in [-0.2, -0.15) is 0 Å². The first-order valence-corrected chi connectivity index (χ1v) is 5.60. The lowest BCUT2D eigenvalue weighted by atomic mass is 10.2. The number of hydrogen-bond acceptors (Lipinski definition) is 2. The van der Waals surface area contributed by atoms with Crippen molar-refractivity contribution in [3.63, 3.8) is 0 Å². The van der Waals surface area contributed by atoms with E-state index in [0.717, 1.165) is 0 Å². The minimum atomic E-state index is -1.05. The number of aromatic nitrogens is 2. The molecule has 0 saturated heterocycles. The van der Waals surface area contributed by atoms with Crippen LogP contribution in [0.15, 0.2) is 33.5 Å². The lowest BCUT2D eigenvalue weighted by Gasteiger charge is -2.09. The fraction of sp³-hybridized carbons (Fsp3) is 0.0909. The zero-order chi connectivity index (χ0) is 12.6. The average Bonchev–Trinajstić information content (AvgIpc) is 2.57. The number of carboxylic acids is 1. The van der Waals surface area contributed by atoms with E-state index in [0.29, 0.717) is 15.9 Å². The van der Waals surface area contributed by atoms with Gasteiger partial charge in [-0.3, -0.25) is 14.6 Å². The highest BCUT2D eigenvalue weighted by atomic mass is 79.9. The summed E-state index contributed by atoms with van der Waals surface area (Å²) < 4.78 is 2.13. The van der Waals surface area contributed by atoms with E-state index in [1.54, 1.807) is 19.1 Å². The van der Waals surface area contributed by atoms with E-state index in [9.17, 15) is 9.59 Å². The molecule has 1 heterocycles. The summed E-state index contributed by atoms with van der Waals surface area (Å²) in [4.78, 5) is 22.3. The van der Waals surface area contributed by atoms with Crippen molar-refractivity contribution in [3.05, 3.63) is 50.3 Å². The highest BCUT2D eigenvalue weighted by Gasteiger charge is 2.13. The van der Waals surface area contributed by atoms with E-state index in [2.05, 4.69) is 21.0 Å². The van der Waals surface area contributed by atoms with Crippen molar-refractivity contribution in [3.8, 4) is 5.69 Å². The lowest BCUT2D eigenvalue weighted by molar-refractivity contribution is 0.0696. The third-order valence-electron chi connectivity index (χ3n) is 2.34. The van der Waals surface area contributed by atoms with Gasteiger partial charge in [-0.25, -0.2) is 4.79 Å². The van der Waals surface area contributed by atoms with Crippen molar-refractivity contribution in [1.82, 2.24) is 9.78 Å². The average molecular weight is 297 g/mol. The molecule has 0 bridgehead atoms. The van der Waals surface area contributed by atoms with Crippen LogP contribution in [-0.2, 0) is 0 Å². The Bertz CT molecular complexity index is 642. The quantitative estimate of drug-likeness (QED) is 0.889. The highest BCUT2D eigenvalue weighted by Crippen LogP contribution is 2.20. The monoisotopic (exact) mass is 296 g/mol. The molecule has 1 aromatic heterocycles. The third kappa shape index (κ3) is 2.16. The molecular formula is C11H9BrN2O3. The third-order valence-corrected chi connectivity index (χ3v) is 2.84. The summed E-state index contributed by atoms with van der Waals surface area (Å²) in [5, 5.41) is 11.7. The number of nitrogens with one attached hydrogen (secondary N) is 1. The molecule has 0 radical (unpaired) electrons. The van der Waals surface area contributed by atoms with E-state index in [1.807, 2.05) is 0 Å². The van der Waals surface area contributed by atoms with E-state index in [-0.39, 0.29) is 11.1 Å². The van der Waals surface area contributed by atoms with Gasteiger partial charge in [-0.05, 0) is 25.1 Å². The first-order chi connectivity index (χ1) is 7.99. The number of rotatable bonds is 2. The number of H-pyrrole nitrogens is 1. The van der Waals surface area contributed by atoms with Gasteiger partial charge in [0.25, 0.3) is 5.56 Å². The molecule has 0 spiro atoms. The maximum absolute atomic E-state index is 11.2. The van der Waals surface area contributed by atoms with Crippen LogP contribution in [-0.4, -0.2) is 20.9 Å². The van der Waals surface area contributed by atoms with Crippen molar-refractivity contribution in [2.75, 3.05) is 0 Å². The van der Waals surface area contributed by atoms with Gasteiger partial charge in [0.2, 0.25) is 0 Å². The Kier molecular flexibility index (Phi) is 2.89. The Morgan fingerprint density at radius 2 is 2.12 bits per heavy atom. The highest BCUT2D eigenvalue weighted by molar-refractivity contribution is 9.10. The van der Waals surface area contributed by atoms with E-state index < -0.39 is 5.97 Å². The zero-order valence-electron chi connectivity index (χ0n) is 8.90. The molecule has 2 aromatic rings. The van der Waals surface area contributed by atoms with Gasteiger partial charge in [0.05, 0.1) is 11.3 Å². The summed E-state index contributed by atoms with van der Waals surface area (Å²) in [5.74, 6) is -1.05.